The molecule has 0 spiro atoms. The molecule has 2 rings (SSSR count). The molecule has 1 aliphatic carbocycles. The van der Waals surface area contributed by atoms with Crippen molar-refractivity contribution in [2.45, 2.75) is 19.8 Å². The van der Waals surface area contributed by atoms with Crippen molar-refractivity contribution in [3.63, 3.8) is 0 Å². The molecule has 1 aliphatic rings. The summed E-state index contributed by atoms with van der Waals surface area (Å²) in [4.78, 5) is 11.0. The first kappa shape index (κ1) is 11.4. The Balaban J connectivity index is 2.45. The molecule has 0 aromatic heterocycles. The minimum atomic E-state index is -0.894. The first-order valence-electron chi connectivity index (χ1n) is 5.04. The van der Waals surface area contributed by atoms with Crippen molar-refractivity contribution in [3.05, 3.63) is 34.6 Å². The van der Waals surface area contributed by atoms with Crippen LogP contribution in [0.3, 0.4) is 0 Å². The van der Waals surface area contributed by atoms with E-state index in [0.717, 1.165) is 0 Å². The third-order valence-electron chi connectivity index (χ3n) is 3.40. The Bertz CT molecular complexity index is 436. The van der Waals surface area contributed by atoms with Gasteiger partial charge in [0.15, 0.2) is 0 Å². The quantitative estimate of drug-likeness (QED) is 0.864. The van der Waals surface area contributed by atoms with Crippen LogP contribution in [-0.4, -0.2) is 11.1 Å². The predicted molar refractivity (Wildman–Crippen MR) is 59.1 cm³/mol. The summed E-state index contributed by atoms with van der Waals surface area (Å²) < 4.78 is 13.6. The standard InChI is InChI=1S/C12H12ClFO2/c1-12(2)9(10(12)11(15)16)8-6(13)4-3-5-7(8)14/h3-5,9-10H,1-2H3,(H,15,16)/t9-,10+/m1/s1. The van der Waals surface area contributed by atoms with E-state index in [9.17, 15) is 9.18 Å². The van der Waals surface area contributed by atoms with Crippen LogP contribution in [0.15, 0.2) is 18.2 Å². The topological polar surface area (TPSA) is 37.3 Å². The van der Waals surface area contributed by atoms with Gasteiger partial charge >= 0.3 is 5.97 Å². The summed E-state index contributed by atoms with van der Waals surface area (Å²) in [5.41, 5.74) is -0.0981. The molecule has 1 aromatic rings. The van der Waals surface area contributed by atoms with E-state index in [-0.39, 0.29) is 5.92 Å². The van der Waals surface area contributed by atoms with Gasteiger partial charge in [0.1, 0.15) is 5.82 Å². The third-order valence-corrected chi connectivity index (χ3v) is 3.73. The van der Waals surface area contributed by atoms with Crippen molar-refractivity contribution in [2.24, 2.45) is 11.3 Å². The molecule has 4 heteroatoms. The van der Waals surface area contributed by atoms with E-state index in [1.54, 1.807) is 6.07 Å². The van der Waals surface area contributed by atoms with Gasteiger partial charge in [-0.05, 0) is 17.5 Å². The molecule has 1 aromatic carbocycles. The number of carboxylic acid groups (broad SMARTS) is 1. The lowest BCUT2D eigenvalue weighted by molar-refractivity contribution is -0.139. The Morgan fingerprint density at radius 2 is 2.12 bits per heavy atom. The van der Waals surface area contributed by atoms with Crippen LogP contribution in [0.25, 0.3) is 0 Å². The van der Waals surface area contributed by atoms with Crippen LogP contribution in [0.1, 0.15) is 25.3 Å². The summed E-state index contributed by atoms with van der Waals surface area (Å²) in [5.74, 6) is -2.20. The number of hydrogen-bond acceptors (Lipinski definition) is 1. The van der Waals surface area contributed by atoms with E-state index in [2.05, 4.69) is 0 Å². The Labute approximate surface area is 98.0 Å². The zero-order valence-electron chi connectivity index (χ0n) is 9.00. The van der Waals surface area contributed by atoms with Crippen molar-refractivity contribution >= 4 is 17.6 Å². The normalized spacial score (nSPS) is 26.5. The summed E-state index contributed by atoms with van der Waals surface area (Å²) >= 11 is 5.93. The van der Waals surface area contributed by atoms with Crippen LogP contribution in [0.5, 0.6) is 0 Å². The van der Waals surface area contributed by atoms with Crippen LogP contribution in [0.4, 0.5) is 4.39 Å². The molecule has 0 bridgehead atoms. The summed E-state index contributed by atoms with van der Waals surface area (Å²) in [5, 5.41) is 9.34. The smallest absolute Gasteiger partial charge is 0.307 e. The van der Waals surface area contributed by atoms with E-state index in [1.807, 2.05) is 13.8 Å². The highest BCUT2D eigenvalue weighted by molar-refractivity contribution is 6.31. The van der Waals surface area contributed by atoms with Crippen molar-refractivity contribution < 1.29 is 14.3 Å². The highest BCUT2D eigenvalue weighted by Gasteiger charge is 2.63. The van der Waals surface area contributed by atoms with Gasteiger partial charge in [0.25, 0.3) is 0 Å². The molecule has 86 valence electrons. The lowest BCUT2D eigenvalue weighted by atomic mass is 10.0. The molecule has 1 N–H and O–H groups in total. The van der Waals surface area contributed by atoms with Crippen molar-refractivity contribution in [2.75, 3.05) is 0 Å². The molecule has 0 unspecified atom stereocenters. The number of benzene rings is 1. The van der Waals surface area contributed by atoms with E-state index in [0.29, 0.717) is 10.6 Å². The zero-order chi connectivity index (χ0) is 12.1. The molecule has 0 amide bonds. The maximum absolute atomic E-state index is 13.6. The van der Waals surface area contributed by atoms with Gasteiger partial charge < -0.3 is 5.11 Å². The molecular weight excluding hydrogens is 231 g/mol. The number of rotatable bonds is 2. The summed E-state index contributed by atoms with van der Waals surface area (Å²) in [6.07, 6.45) is 0. The van der Waals surface area contributed by atoms with Crippen LogP contribution >= 0.6 is 11.6 Å². The van der Waals surface area contributed by atoms with Crippen LogP contribution < -0.4 is 0 Å². The fraction of sp³-hybridized carbons (Fsp3) is 0.417. The van der Waals surface area contributed by atoms with Gasteiger partial charge in [0.2, 0.25) is 0 Å². The number of hydrogen-bond donors (Lipinski definition) is 1. The van der Waals surface area contributed by atoms with Gasteiger partial charge in [-0.1, -0.05) is 31.5 Å². The maximum atomic E-state index is 13.6. The minimum Gasteiger partial charge on any atom is -0.481 e. The molecule has 1 saturated carbocycles. The number of carboxylic acids is 1. The molecule has 0 heterocycles. The summed E-state index contributed by atoms with van der Waals surface area (Å²) in [6.45, 7) is 3.64. The summed E-state index contributed by atoms with van der Waals surface area (Å²) in [7, 11) is 0. The first-order chi connectivity index (χ1) is 7.37. The first-order valence-corrected chi connectivity index (χ1v) is 5.42. The fourth-order valence-corrected chi connectivity index (χ4v) is 2.73. The molecular formula is C12H12ClFO2. The highest BCUT2D eigenvalue weighted by Crippen LogP contribution is 2.65. The average molecular weight is 243 g/mol. The SMILES string of the molecule is CC1(C)[C@H](C(=O)O)[C@H]1c1c(F)cccc1Cl. The monoisotopic (exact) mass is 242 g/mol. The molecule has 16 heavy (non-hydrogen) atoms. The molecule has 1 fully saturated rings. The molecule has 2 nitrogen and oxygen atoms in total. The van der Waals surface area contributed by atoms with Gasteiger partial charge in [-0.15, -0.1) is 0 Å². The summed E-state index contributed by atoms with van der Waals surface area (Å²) in [6, 6.07) is 4.42. The fourth-order valence-electron chi connectivity index (χ4n) is 2.45. The van der Waals surface area contributed by atoms with E-state index in [4.69, 9.17) is 16.7 Å². The second-order valence-electron chi connectivity index (χ2n) is 4.75. The Morgan fingerprint density at radius 1 is 1.50 bits per heavy atom. The van der Waals surface area contributed by atoms with Crippen molar-refractivity contribution in [1.82, 2.24) is 0 Å². The molecule has 2 atom stereocenters. The Hall–Kier alpha value is -1.09. The Kier molecular flexibility index (Phi) is 2.46. The minimum absolute atomic E-state index is 0.307. The average Bonchev–Trinajstić information content (AvgIpc) is 2.69. The van der Waals surface area contributed by atoms with Gasteiger partial charge in [0, 0.05) is 16.5 Å². The van der Waals surface area contributed by atoms with Gasteiger partial charge in [0.05, 0.1) is 5.92 Å². The second kappa shape index (κ2) is 3.45. The molecule has 0 aliphatic heterocycles. The second-order valence-corrected chi connectivity index (χ2v) is 5.16. The molecule has 0 saturated heterocycles. The Morgan fingerprint density at radius 3 is 2.56 bits per heavy atom. The number of halogens is 2. The van der Waals surface area contributed by atoms with Crippen LogP contribution in [-0.2, 0) is 4.79 Å². The highest BCUT2D eigenvalue weighted by atomic mass is 35.5. The molecule has 0 radical (unpaired) electrons. The third kappa shape index (κ3) is 1.50. The van der Waals surface area contributed by atoms with Gasteiger partial charge in [-0.3, -0.25) is 4.79 Å². The maximum Gasteiger partial charge on any atom is 0.307 e. The van der Waals surface area contributed by atoms with E-state index in [1.165, 1.54) is 12.1 Å². The van der Waals surface area contributed by atoms with Crippen LogP contribution in [0, 0.1) is 17.2 Å². The van der Waals surface area contributed by atoms with Crippen LogP contribution in [0.2, 0.25) is 5.02 Å². The van der Waals surface area contributed by atoms with Gasteiger partial charge in [-0.2, -0.15) is 0 Å². The van der Waals surface area contributed by atoms with Crippen molar-refractivity contribution in [3.8, 4) is 0 Å². The van der Waals surface area contributed by atoms with E-state index < -0.39 is 23.1 Å². The zero-order valence-corrected chi connectivity index (χ0v) is 9.75. The van der Waals surface area contributed by atoms with E-state index >= 15 is 0 Å². The lowest BCUT2D eigenvalue weighted by Crippen LogP contribution is -2.03. The van der Waals surface area contributed by atoms with Gasteiger partial charge in [-0.25, -0.2) is 4.39 Å². The predicted octanol–water partition coefficient (Wildman–Crippen LogP) is 3.30. The number of carbonyl (C=O) groups is 1. The number of aliphatic carboxylic acids is 1. The van der Waals surface area contributed by atoms with Crippen molar-refractivity contribution in [1.29, 1.82) is 0 Å². The largest absolute Gasteiger partial charge is 0.481 e. The lowest BCUT2D eigenvalue weighted by Gasteiger charge is -2.06.